The van der Waals surface area contributed by atoms with E-state index in [4.69, 9.17) is 0 Å². The molecule has 0 aromatic rings. The molecule has 2 heteroatoms. The van der Waals surface area contributed by atoms with Gasteiger partial charge >= 0.3 is 0 Å². The van der Waals surface area contributed by atoms with Crippen LogP contribution in [0.25, 0.3) is 0 Å². The Morgan fingerprint density at radius 2 is 1.33 bits per heavy atom. The summed E-state index contributed by atoms with van der Waals surface area (Å²) in [5.74, 6) is 0. The van der Waals surface area contributed by atoms with Crippen LogP contribution in [-0.2, 0) is 0 Å². The van der Waals surface area contributed by atoms with Crippen molar-refractivity contribution < 1.29 is 0 Å². The average Bonchev–Trinajstić information content (AvgIpc) is 1.99. The molecule has 0 aromatic heterocycles. The Balaban J connectivity index is 5.23. The van der Waals surface area contributed by atoms with Crippen molar-refractivity contribution in [2.45, 2.75) is 66.5 Å². The van der Waals surface area contributed by atoms with Crippen LogP contribution >= 0.6 is 0 Å². The van der Waals surface area contributed by atoms with Crippen LogP contribution in [0.1, 0.15) is 55.4 Å². The first-order valence-corrected chi connectivity index (χ1v) is 7.22. The Labute approximate surface area is 99.8 Å². The lowest BCUT2D eigenvalue weighted by Crippen LogP contribution is -2.52. The largest absolute Gasteiger partial charge is 0.314 e. The second-order valence-electron chi connectivity index (χ2n) is 6.98. The van der Waals surface area contributed by atoms with Gasteiger partial charge in [-0.05, 0) is 29.3 Å². The van der Waals surface area contributed by atoms with Crippen molar-refractivity contribution in [3.8, 4) is 0 Å². The highest BCUT2D eigenvalue weighted by Crippen LogP contribution is 2.57. The standard InChI is InChI=1S/C13H31NSi/c1-9-14-10(2)13(15,11(3,4)5)12(6,7)8/h10,14H,9H2,1-8,15H3. The van der Waals surface area contributed by atoms with E-state index in [1.807, 2.05) is 0 Å². The van der Waals surface area contributed by atoms with Gasteiger partial charge in [0.2, 0.25) is 0 Å². The third-order valence-corrected chi connectivity index (χ3v) is 8.36. The molecule has 1 unspecified atom stereocenters. The molecule has 1 atom stereocenters. The summed E-state index contributed by atoms with van der Waals surface area (Å²) in [6.45, 7) is 19.9. The van der Waals surface area contributed by atoms with Crippen molar-refractivity contribution in [1.82, 2.24) is 5.32 Å². The van der Waals surface area contributed by atoms with E-state index >= 15 is 0 Å². The Bertz CT molecular complexity index is 184. The van der Waals surface area contributed by atoms with Crippen molar-refractivity contribution in [2.75, 3.05) is 6.54 Å². The number of nitrogens with one attached hydrogen (secondary N) is 1. The molecule has 0 rings (SSSR count). The Hall–Kier alpha value is 0.177. The maximum atomic E-state index is 3.63. The minimum Gasteiger partial charge on any atom is -0.314 e. The molecule has 0 fully saturated rings. The number of hydrogen-bond donors (Lipinski definition) is 1. The highest BCUT2D eigenvalue weighted by Gasteiger charge is 2.49. The van der Waals surface area contributed by atoms with E-state index in [0.29, 0.717) is 21.9 Å². The maximum absolute atomic E-state index is 3.63. The van der Waals surface area contributed by atoms with Crippen molar-refractivity contribution in [3.63, 3.8) is 0 Å². The van der Waals surface area contributed by atoms with Crippen molar-refractivity contribution in [1.29, 1.82) is 0 Å². The van der Waals surface area contributed by atoms with E-state index in [2.05, 4.69) is 60.7 Å². The summed E-state index contributed by atoms with van der Waals surface area (Å²) in [4.78, 5) is 0. The molecule has 92 valence electrons. The van der Waals surface area contributed by atoms with Crippen LogP contribution in [0.5, 0.6) is 0 Å². The fourth-order valence-electron chi connectivity index (χ4n) is 2.93. The summed E-state index contributed by atoms with van der Waals surface area (Å²) in [5, 5.41) is 4.05. The first-order chi connectivity index (χ1) is 6.48. The van der Waals surface area contributed by atoms with Crippen LogP contribution in [0.2, 0.25) is 5.04 Å². The molecule has 15 heavy (non-hydrogen) atoms. The topological polar surface area (TPSA) is 12.0 Å². The van der Waals surface area contributed by atoms with E-state index in [-0.39, 0.29) is 0 Å². The summed E-state index contributed by atoms with van der Waals surface area (Å²) in [6.07, 6.45) is 0. The smallest absolute Gasteiger partial charge is 0.0140 e. The first kappa shape index (κ1) is 15.2. The van der Waals surface area contributed by atoms with Crippen molar-refractivity contribution >= 4 is 10.2 Å². The molecular weight excluding hydrogens is 198 g/mol. The predicted octanol–water partition coefficient (Wildman–Crippen LogP) is 2.60. The highest BCUT2D eigenvalue weighted by atomic mass is 28.1. The normalized spacial score (nSPS) is 16.8. The Morgan fingerprint density at radius 1 is 1.00 bits per heavy atom. The number of hydrogen-bond acceptors (Lipinski definition) is 1. The van der Waals surface area contributed by atoms with E-state index in [1.165, 1.54) is 10.2 Å². The molecular formula is C13H31NSi. The third kappa shape index (κ3) is 2.85. The maximum Gasteiger partial charge on any atom is 0.0140 e. The average molecular weight is 229 g/mol. The zero-order valence-electron chi connectivity index (χ0n) is 12.3. The van der Waals surface area contributed by atoms with Gasteiger partial charge in [0.05, 0.1) is 0 Å². The quantitative estimate of drug-likeness (QED) is 0.734. The molecule has 0 aliphatic heterocycles. The van der Waals surface area contributed by atoms with Crippen LogP contribution in [0.4, 0.5) is 0 Å². The van der Waals surface area contributed by atoms with Gasteiger partial charge in [-0.2, -0.15) is 0 Å². The molecule has 0 aromatic carbocycles. The molecule has 0 aliphatic carbocycles. The van der Waals surface area contributed by atoms with E-state index in [0.717, 1.165) is 6.54 Å². The first-order valence-electron chi connectivity index (χ1n) is 6.22. The lowest BCUT2D eigenvalue weighted by Gasteiger charge is -2.55. The lowest BCUT2D eigenvalue weighted by atomic mass is 9.62. The van der Waals surface area contributed by atoms with Crippen LogP contribution in [-0.4, -0.2) is 22.8 Å². The second-order valence-corrected chi connectivity index (χ2v) is 8.56. The van der Waals surface area contributed by atoms with Crippen molar-refractivity contribution in [3.05, 3.63) is 0 Å². The third-order valence-electron chi connectivity index (χ3n) is 4.49. The molecule has 0 radical (unpaired) electrons. The van der Waals surface area contributed by atoms with Gasteiger partial charge in [0.1, 0.15) is 0 Å². The van der Waals surface area contributed by atoms with E-state index in [1.54, 1.807) is 0 Å². The Kier molecular flexibility index (Phi) is 4.64. The molecule has 1 nitrogen and oxygen atoms in total. The van der Waals surface area contributed by atoms with Gasteiger partial charge in [-0.25, -0.2) is 0 Å². The van der Waals surface area contributed by atoms with Gasteiger partial charge in [-0.1, -0.05) is 48.5 Å². The molecule has 1 N–H and O–H groups in total. The van der Waals surface area contributed by atoms with Crippen LogP contribution in [0, 0.1) is 10.8 Å². The summed E-state index contributed by atoms with van der Waals surface area (Å²) in [5.41, 5.74) is 0.720. The summed E-state index contributed by atoms with van der Waals surface area (Å²) in [7, 11) is 1.22. The van der Waals surface area contributed by atoms with Crippen LogP contribution in [0.15, 0.2) is 0 Å². The minimum absolute atomic E-state index is 0.360. The van der Waals surface area contributed by atoms with Gasteiger partial charge in [-0.3, -0.25) is 0 Å². The molecule has 0 saturated carbocycles. The fraction of sp³-hybridized carbons (Fsp3) is 1.00. The summed E-state index contributed by atoms with van der Waals surface area (Å²) in [6, 6.07) is 0.592. The zero-order valence-corrected chi connectivity index (χ0v) is 14.3. The molecule has 0 aliphatic rings. The van der Waals surface area contributed by atoms with Crippen LogP contribution in [0.3, 0.4) is 0 Å². The SMILES string of the molecule is CCNC(C)C([SiH3])(C(C)(C)C)C(C)(C)C. The van der Waals surface area contributed by atoms with Gasteiger partial charge in [0.25, 0.3) is 0 Å². The van der Waals surface area contributed by atoms with Gasteiger partial charge in [-0.15, -0.1) is 0 Å². The zero-order chi connectivity index (χ0) is 12.5. The summed E-state index contributed by atoms with van der Waals surface area (Å²) < 4.78 is 0. The molecule has 0 amide bonds. The fourth-order valence-corrected chi connectivity index (χ4v) is 3.14. The number of rotatable bonds is 3. The van der Waals surface area contributed by atoms with E-state index in [9.17, 15) is 0 Å². The monoisotopic (exact) mass is 229 g/mol. The van der Waals surface area contributed by atoms with Gasteiger partial charge in [0.15, 0.2) is 0 Å². The molecule has 0 bridgehead atoms. The lowest BCUT2D eigenvalue weighted by molar-refractivity contribution is 0.0892. The second kappa shape index (κ2) is 4.58. The molecule has 0 spiro atoms. The molecule has 0 heterocycles. The predicted molar refractivity (Wildman–Crippen MR) is 74.7 cm³/mol. The van der Waals surface area contributed by atoms with Gasteiger partial charge < -0.3 is 5.32 Å². The molecule has 0 saturated heterocycles. The summed E-state index contributed by atoms with van der Waals surface area (Å²) >= 11 is 0. The minimum atomic E-state index is 0.360. The van der Waals surface area contributed by atoms with Gasteiger partial charge in [0, 0.05) is 16.3 Å². The van der Waals surface area contributed by atoms with Crippen LogP contribution < -0.4 is 5.32 Å². The van der Waals surface area contributed by atoms with E-state index < -0.39 is 0 Å². The van der Waals surface area contributed by atoms with Crippen molar-refractivity contribution in [2.24, 2.45) is 10.8 Å². The highest BCUT2D eigenvalue weighted by molar-refractivity contribution is 6.17. The Morgan fingerprint density at radius 3 is 1.53 bits per heavy atom.